The van der Waals surface area contributed by atoms with Crippen LogP contribution < -0.4 is 10.6 Å². The van der Waals surface area contributed by atoms with Gasteiger partial charge in [0, 0.05) is 37.9 Å². The van der Waals surface area contributed by atoms with Crippen molar-refractivity contribution in [3.63, 3.8) is 0 Å². The van der Waals surface area contributed by atoms with E-state index in [1.54, 1.807) is 24.3 Å². The third kappa shape index (κ3) is 5.95. The molecule has 1 aromatic rings. The molecule has 5 nitrogen and oxygen atoms in total. The van der Waals surface area contributed by atoms with Crippen molar-refractivity contribution in [3.05, 3.63) is 29.8 Å². The maximum atomic E-state index is 11.9. The summed E-state index contributed by atoms with van der Waals surface area (Å²) in [5.41, 5.74) is 1.27. The number of nitrogens with one attached hydrogen (secondary N) is 2. The highest BCUT2D eigenvalue weighted by atomic mass is 16.5. The second-order valence-corrected chi connectivity index (χ2v) is 5.39. The molecule has 21 heavy (non-hydrogen) atoms. The fourth-order valence-corrected chi connectivity index (χ4v) is 1.92. The number of hydrogen-bond donors (Lipinski definition) is 2. The van der Waals surface area contributed by atoms with E-state index >= 15 is 0 Å². The summed E-state index contributed by atoms with van der Waals surface area (Å²) in [7, 11) is 0. The lowest BCUT2D eigenvalue weighted by Gasteiger charge is -2.07. The highest BCUT2D eigenvalue weighted by molar-refractivity contribution is 5.95. The summed E-state index contributed by atoms with van der Waals surface area (Å²) in [5.74, 6) is 0.548. The summed E-state index contributed by atoms with van der Waals surface area (Å²) in [6.07, 6.45) is 3.42. The average molecular weight is 290 g/mol. The molecule has 0 radical (unpaired) electrons. The van der Waals surface area contributed by atoms with Crippen LogP contribution in [-0.4, -0.2) is 31.6 Å². The van der Waals surface area contributed by atoms with Gasteiger partial charge in [-0.05, 0) is 49.4 Å². The number of benzene rings is 1. The predicted octanol–water partition coefficient (Wildman–Crippen LogP) is 2.19. The van der Waals surface area contributed by atoms with E-state index in [0.29, 0.717) is 24.4 Å². The minimum absolute atomic E-state index is 0.105. The molecule has 2 N–H and O–H groups in total. The smallest absolute Gasteiger partial charge is 0.251 e. The lowest BCUT2D eigenvalue weighted by Crippen LogP contribution is -2.25. The first kappa shape index (κ1) is 15.5. The van der Waals surface area contributed by atoms with Gasteiger partial charge in [-0.25, -0.2) is 0 Å². The molecule has 2 amide bonds. The van der Waals surface area contributed by atoms with Gasteiger partial charge in [0.15, 0.2) is 0 Å². The zero-order valence-electron chi connectivity index (χ0n) is 12.4. The van der Waals surface area contributed by atoms with Crippen molar-refractivity contribution in [2.24, 2.45) is 5.92 Å². The molecule has 2 rings (SSSR count). The molecule has 114 valence electrons. The number of amides is 2. The highest BCUT2D eigenvalue weighted by Crippen LogP contribution is 2.28. The maximum absolute atomic E-state index is 11.9. The number of ether oxygens (including phenoxy) is 1. The Balaban J connectivity index is 1.63. The van der Waals surface area contributed by atoms with Crippen molar-refractivity contribution in [1.29, 1.82) is 0 Å². The molecule has 1 saturated carbocycles. The second kappa shape index (κ2) is 7.78. The summed E-state index contributed by atoms with van der Waals surface area (Å²) in [6.45, 7) is 3.61. The summed E-state index contributed by atoms with van der Waals surface area (Å²) < 4.78 is 5.51. The van der Waals surface area contributed by atoms with Gasteiger partial charge < -0.3 is 15.4 Å². The molecule has 0 bridgehead atoms. The largest absolute Gasteiger partial charge is 0.381 e. The third-order valence-corrected chi connectivity index (χ3v) is 3.27. The predicted molar refractivity (Wildman–Crippen MR) is 81.2 cm³/mol. The number of carbonyl (C=O) groups excluding carboxylic acids is 2. The fraction of sp³-hybridized carbons (Fsp3) is 0.500. The first-order valence-electron chi connectivity index (χ1n) is 7.39. The van der Waals surface area contributed by atoms with Crippen molar-refractivity contribution in [3.8, 4) is 0 Å². The number of hydrogen-bond acceptors (Lipinski definition) is 3. The molecule has 5 heteroatoms. The Morgan fingerprint density at radius 3 is 2.57 bits per heavy atom. The van der Waals surface area contributed by atoms with Crippen molar-refractivity contribution in [2.75, 3.05) is 25.1 Å². The molecule has 0 saturated heterocycles. The summed E-state index contributed by atoms with van der Waals surface area (Å²) in [5, 5.41) is 5.52. The third-order valence-electron chi connectivity index (χ3n) is 3.27. The van der Waals surface area contributed by atoms with Crippen LogP contribution in [0.25, 0.3) is 0 Å². The van der Waals surface area contributed by atoms with Crippen LogP contribution in [0.15, 0.2) is 24.3 Å². The van der Waals surface area contributed by atoms with Crippen LogP contribution in [-0.2, 0) is 9.53 Å². The van der Waals surface area contributed by atoms with Crippen LogP contribution in [0.5, 0.6) is 0 Å². The summed E-state index contributed by atoms with van der Waals surface area (Å²) in [6, 6.07) is 6.83. The molecular weight excluding hydrogens is 268 g/mol. The van der Waals surface area contributed by atoms with Gasteiger partial charge in [-0.15, -0.1) is 0 Å². The molecule has 0 heterocycles. The van der Waals surface area contributed by atoms with Crippen molar-refractivity contribution in [1.82, 2.24) is 5.32 Å². The quantitative estimate of drug-likeness (QED) is 0.721. The van der Waals surface area contributed by atoms with Crippen LogP contribution in [0.4, 0.5) is 5.69 Å². The van der Waals surface area contributed by atoms with E-state index in [1.807, 2.05) is 0 Å². The molecule has 0 spiro atoms. The number of carbonyl (C=O) groups is 2. The second-order valence-electron chi connectivity index (χ2n) is 5.39. The Kier molecular flexibility index (Phi) is 5.75. The topological polar surface area (TPSA) is 67.4 Å². The van der Waals surface area contributed by atoms with Gasteiger partial charge in [0.1, 0.15) is 0 Å². The minimum Gasteiger partial charge on any atom is -0.381 e. The average Bonchev–Trinajstić information content (AvgIpc) is 3.26. The minimum atomic E-state index is -0.126. The van der Waals surface area contributed by atoms with Crippen molar-refractivity contribution >= 4 is 17.5 Å². The van der Waals surface area contributed by atoms with Gasteiger partial charge in [-0.3, -0.25) is 9.59 Å². The van der Waals surface area contributed by atoms with Crippen LogP contribution in [0.1, 0.15) is 36.5 Å². The first-order chi connectivity index (χ1) is 10.1. The molecule has 1 aliphatic rings. The van der Waals surface area contributed by atoms with E-state index in [4.69, 9.17) is 4.74 Å². The Morgan fingerprint density at radius 2 is 1.95 bits per heavy atom. The zero-order chi connectivity index (χ0) is 15.1. The molecule has 0 atom stereocenters. The Hall–Kier alpha value is -1.88. The molecule has 0 aromatic heterocycles. The first-order valence-corrected chi connectivity index (χ1v) is 7.39. The van der Waals surface area contributed by atoms with Crippen molar-refractivity contribution < 1.29 is 14.3 Å². The Bertz CT molecular complexity index is 481. The van der Waals surface area contributed by atoms with Gasteiger partial charge in [0.25, 0.3) is 5.91 Å². The Morgan fingerprint density at radius 1 is 1.24 bits per heavy atom. The molecule has 0 aliphatic heterocycles. The highest BCUT2D eigenvalue weighted by Gasteiger charge is 2.20. The summed E-state index contributed by atoms with van der Waals surface area (Å²) >= 11 is 0. The van der Waals surface area contributed by atoms with Crippen LogP contribution in [0, 0.1) is 5.92 Å². The normalized spacial score (nSPS) is 13.8. The van der Waals surface area contributed by atoms with Gasteiger partial charge >= 0.3 is 0 Å². The fourth-order valence-electron chi connectivity index (χ4n) is 1.92. The van der Waals surface area contributed by atoms with E-state index in [0.717, 1.165) is 18.9 Å². The maximum Gasteiger partial charge on any atom is 0.251 e. The number of anilines is 1. The van der Waals surface area contributed by atoms with Crippen LogP contribution in [0.3, 0.4) is 0 Å². The van der Waals surface area contributed by atoms with E-state index < -0.39 is 0 Å². The summed E-state index contributed by atoms with van der Waals surface area (Å²) in [4.78, 5) is 22.8. The number of rotatable bonds is 8. The van der Waals surface area contributed by atoms with Gasteiger partial charge in [0.05, 0.1) is 0 Å². The lowest BCUT2D eigenvalue weighted by molar-refractivity contribution is -0.114. The van der Waals surface area contributed by atoms with E-state index in [9.17, 15) is 9.59 Å². The molecule has 1 fully saturated rings. The van der Waals surface area contributed by atoms with E-state index in [1.165, 1.54) is 19.8 Å². The molecular formula is C16H22N2O3. The monoisotopic (exact) mass is 290 g/mol. The van der Waals surface area contributed by atoms with Crippen molar-refractivity contribution in [2.45, 2.75) is 26.2 Å². The van der Waals surface area contributed by atoms with E-state index in [-0.39, 0.29) is 11.8 Å². The zero-order valence-corrected chi connectivity index (χ0v) is 12.4. The molecule has 0 unspecified atom stereocenters. The standard InChI is InChI=1S/C16H22N2O3/c1-12(19)18-15-7-5-14(6-8-15)16(20)17-9-2-10-21-11-13-3-4-13/h5-8,13H,2-4,9-11H2,1H3,(H,17,20)(H,18,19). The van der Waals surface area contributed by atoms with Crippen LogP contribution in [0.2, 0.25) is 0 Å². The van der Waals surface area contributed by atoms with E-state index in [2.05, 4.69) is 10.6 Å². The SMILES string of the molecule is CC(=O)Nc1ccc(C(=O)NCCCOCC2CC2)cc1. The van der Waals surface area contributed by atoms with Gasteiger partial charge in [0.2, 0.25) is 5.91 Å². The Labute approximate surface area is 125 Å². The molecule has 1 aliphatic carbocycles. The molecule has 1 aromatic carbocycles. The van der Waals surface area contributed by atoms with Crippen LogP contribution >= 0.6 is 0 Å². The van der Waals surface area contributed by atoms with Gasteiger partial charge in [-0.1, -0.05) is 0 Å². The lowest BCUT2D eigenvalue weighted by atomic mass is 10.2. The van der Waals surface area contributed by atoms with Gasteiger partial charge in [-0.2, -0.15) is 0 Å².